The molecule has 0 aromatic rings. The average Bonchev–Trinajstić information content (AvgIpc) is 2.53. The molecule has 0 aromatic carbocycles. The van der Waals surface area contributed by atoms with Crippen LogP contribution in [-0.4, -0.2) is 77.7 Å². The second-order valence-corrected chi connectivity index (χ2v) is 9.70. The highest BCUT2D eigenvalue weighted by Crippen LogP contribution is 2.27. The quantitative estimate of drug-likeness (QED) is 0.782. The number of rotatable bonds is 3. The molecule has 2 saturated heterocycles. The maximum absolute atomic E-state index is 12.6. The molecule has 0 N–H and O–H groups in total. The number of carbonyl (C=O) groups excluding carboxylic acids is 2. The van der Waals surface area contributed by atoms with Crippen LogP contribution >= 0.6 is 0 Å². The van der Waals surface area contributed by atoms with Gasteiger partial charge in [-0.05, 0) is 33.6 Å². The van der Waals surface area contributed by atoms with Gasteiger partial charge in [0.1, 0.15) is 5.78 Å². The van der Waals surface area contributed by atoms with E-state index >= 15 is 0 Å². The Morgan fingerprint density at radius 3 is 1.80 bits per heavy atom. The highest BCUT2D eigenvalue weighted by molar-refractivity contribution is 5.86. The number of Topliss-reactive ketones (excluding diaryl/α,β-unsaturated/α-hetero) is 1. The van der Waals surface area contributed by atoms with E-state index in [1.165, 1.54) is 0 Å². The third-order valence-electron chi connectivity index (χ3n) is 5.64. The molecule has 0 aromatic heterocycles. The summed E-state index contributed by atoms with van der Waals surface area (Å²) >= 11 is 0. The van der Waals surface area contributed by atoms with Crippen LogP contribution in [0.15, 0.2) is 0 Å². The maximum Gasteiger partial charge on any atom is 0.236 e. The minimum absolute atomic E-state index is 0.124. The predicted molar refractivity (Wildman–Crippen MR) is 102 cm³/mol. The second kappa shape index (κ2) is 7.75. The first kappa shape index (κ1) is 20.4. The summed E-state index contributed by atoms with van der Waals surface area (Å²) in [4.78, 5) is 31.7. The molecule has 144 valence electrons. The van der Waals surface area contributed by atoms with Gasteiger partial charge in [-0.25, -0.2) is 0 Å². The highest BCUT2D eigenvalue weighted by atomic mass is 16.2. The lowest BCUT2D eigenvalue weighted by Gasteiger charge is -2.42. The molecule has 2 aliphatic heterocycles. The van der Waals surface area contributed by atoms with E-state index in [-0.39, 0.29) is 22.8 Å². The number of hydrogen-bond acceptors (Lipinski definition) is 4. The van der Waals surface area contributed by atoms with Crippen LogP contribution in [0.3, 0.4) is 0 Å². The van der Waals surface area contributed by atoms with E-state index in [2.05, 4.69) is 30.6 Å². The Morgan fingerprint density at radius 2 is 1.36 bits per heavy atom. The van der Waals surface area contributed by atoms with Crippen molar-refractivity contribution in [3.63, 3.8) is 0 Å². The number of likely N-dealkylation sites (tertiary alicyclic amines) is 1. The van der Waals surface area contributed by atoms with E-state index in [1.54, 1.807) is 0 Å². The van der Waals surface area contributed by atoms with Crippen molar-refractivity contribution in [1.82, 2.24) is 14.7 Å². The normalized spacial score (nSPS) is 22.2. The van der Waals surface area contributed by atoms with Crippen LogP contribution in [0.2, 0.25) is 0 Å². The van der Waals surface area contributed by atoms with Gasteiger partial charge >= 0.3 is 0 Å². The van der Waals surface area contributed by atoms with Gasteiger partial charge in [0.05, 0.1) is 6.54 Å². The molecule has 5 heteroatoms. The number of piperidine rings is 1. The molecule has 0 radical (unpaired) electrons. The first-order chi connectivity index (χ1) is 11.5. The Labute approximate surface area is 153 Å². The van der Waals surface area contributed by atoms with Crippen molar-refractivity contribution >= 4 is 11.7 Å². The molecule has 5 nitrogen and oxygen atoms in total. The van der Waals surface area contributed by atoms with Gasteiger partial charge in [0.2, 0.25) is 5.91 Å². The molecule has 0 bridgehead atoms. The molecule has 2 rings (SSSR count). The van der Waals surface area contributed by atoms with Crippen LogP contribution in [0.5, 0.6) is 0 Å². The standard InChI is InChI=1S/C20H37N3O2/c1-19(2,3)18(25)16-7-9-22(10-8-16)17(24)15-21-11-13-23(14-12-21)20(4,5)6/h16H,7-15H2,1-6H3. The first-order valence-corrected chi connectivity index (χ1v) is 9.78. The lowest BCUT2D eigenvalue weighted by Crippen LogP contribution is -2.55. The van der Waals surface area contributed by atoms with Gasteiger partial charge < -0.3 is 4.90 Å². The van der Waals surface area contributed by atoms with Crippen molar-refractivity contribution in [3.8, 4) is 0 Å². The minimum atomic E-state index is -0.274. The van der Waals surface area contributed by atoms with E-state index in [0.717, 1.165) is 52.1 Å². The predicted octanol–water partition coefficient (Wildman–Crippen LogP) is 2.26. The number of carbonyl (C=O) groups is 2. The van der Waals surface area contributed by atoms with Gasteiger partial charge in [-0.2, -0.15) is 0 Å². The van der Waals surface area contributed by atoms with Crippen molar-refractivity contribution in [2.75, 3.05) is 45.8 Å². The summed E-state index contributed by atoms with van der Waals surface area (Å²) < 4.78 is 0. The van der Waals surface area contributed by atoms with Gasteiger partial charge in [-0.1, -0.05) is 20.8 Å². The molecular weight excluding hydrogens is 314 g/mol. The molecule has 0 atom stereocenters. The van der Waals surface area contributed by atoms with Crippen molar-refractivity contribution < 1.29 is 9.59 Å². The smallest absolute Gasteiger partial charge is 0.236 e. The maximum atomic E-state index is 12.6. The van der Waals surface area contributed by atoms with E-state index < -0.39 is 0 Å². The topological polar surface area (TPSA) is 43.9 Å². The molecule has 0 unspecified atom stereocenters. The van der Waals surface area contributed by atoms with Crippen LogP contribution in [0.4, 0.5) is 0 Å². The third-order valence-corrected chi connectivity index (χ3v) is 5.64. The molecular formula is C20H37N3O2. The first-order valence-electron chi connectivity index (χ1n) is 9.78. The SMILES string of the molecule is CC(C)(C)C(=O)C1CCN(C(=O)CN2CCN(C(C)(C)C)CC2)CC1. The average molecular weight is 352 g/mol. The molecule has 25 heavy (non-hydrogen) atoms. The molecule has 0 spiro atoms. The van der Waals surface area contributed by atoms with Gasteiger partial charge in [0.15, 0.2) is 0 Å². The molecule has 0 saturated carbocycles. The lowest BCUT2D eigenvalue weighted by atomic mass is 9.79. The Kier molecular flexibility index (Phi) is 6.31. The Morgan fingerprint density at radius 1 is 0.840 bits per heavy atom. The zero-order valence-electron chi connectivity index (χ0n) is 17.1. The molecule has 2 aliphatic rings. The van der Waals surface area contributed by atoms with Crippen LogP contribution in [0, 0.1) is 11.3 Å². The third kappa shape index (κ3) is 5.52. The van der Waals surface area contributed by atoms with Crippen molar-refractivity contribution in [2.45, 2.75) is 59.9 Å². The highest BCUT2D eigenvalue weighted by Gasteiger charge is 2.34. The van der Waals surface area contributed by atoms with Gasteiger partial charge in [0.25, 0.3) is 0 Å². The van der Waals surface area contributed by atoms with Crippen LogP contribution in [0.1, 0.15) is 54.4 Å². The summed E-state index contributed by atoms with van der Waals surface area (Å²) in [5.41, 5.74) is -0.0683. The zero-order valence-corrected chi connectivity index (χ0v) is 17.1. The van der Waals surface area contributed by atoms with E-state index in [4.69, 9.17) is 0 Å². The van der Waals surface area contributed by atoms with Gasteiger partial charge in [0, 0.05) is 56.1 Å². The largest absolute Gasteiger partial charge is 0.342 e. The van der Waals surface area contributed by atoms with Gasteiger partial charge in [-0.3, -0.25) is 19.4 Å². The Bertz CT molecular complexity index is 474. The second-order valence-electron chi connectivity index (χ2n) is 9.70. The van der Waals surface area contributed by atoms with E-state index in [0.29, 0.717) is 12.3 Å². The molecule has 0 aliphatic carbocycles. The Hall–Kier alpha value is -0.940. The summed E-state index contributed by atoms with van der Waals surface area (Å²) in [5.74, 6) is 0.697. The van der Waals surface area contributed by atoms with E-state index in [9.17, 15) is 9.59 Å². The molecule has 1 amide bonds. The fraction of sp³-hybridized carbons (Fsp3) is 0.900. The monoisotopic (exact) mass is 351 g/mol. The summed E-state index contributed by atoms with van der Waals surface area (Å²) in [6.45, 7) is 18.7. The van der Waals surface area contributed by atoms with E-state index in [1.807, 2.05) is 25.7 Å². The summed E-state index contributed by atoms with van der Waals surface area (Å²) in [7, 11) is 0. The number of nitrogens with zero attached hydrogens (tertiary/aromatic N) is 3. The zero-order chi connectivity index (χ0) is 18.8. The Balaban J connectivity index is 1.76. The van der Waals surface area contributed by atoms with Crippen LogP contribution in [-0.2, 0) is 9.59 Å². The number of hydrogen-bond donors (Lipinski definition) is 0. The van der Waals surface area contributed by atoms with Crippen LogP contribution < -0.4 is 0 Å². The number of piperazine rings is 1. The van der Waals surface area contributed by atoms with Crippen molar-refractivity contribution in [3.05, 3.63) is 0 Å². The minimum Gasteiger partial charge on any atom is -0.342 e. The van der Waals surface area contributed by atoms with Crippen molar-refractivity contribution in [2.24, 2.45) is 11.3 Å². The number of amides is 1. The summed E-state index contributed by atoms with van der Waals surface area (Å²) in [6.07, 6.45) is 1.64. The van der Waals surface area contributed by atoms with Crippen LogP contribution in [0.25, 0.3) is 0 Å². The fourth-order valence-corrected chi connectivity index (χ4v) is 3.87. The van der Waals surface area contributed by atoms with Gasteiger partial charge in [-0.15, -0.1) is 0 Å². The number of ketones is 1. The summed E-state index contributed by atoms with van der Waals surface area (Å²) in [5, 5.41) is 0. The fourth-order valence-electron chi connectivity index (χ4n) is 3.87. The lowest BCUT2D eigenvalue weighted by molar-refractivity contribution is -0.138. The van der Waals surface area contributed by atoms with Crippen molar-refractivity contribution in [1.29, 1.82) is 0 Å². The molecule has 2 heterocycles. The molecule has 2 fully saturated rings. The summed E-state index contributed by atoms with van der Waals surface area (Å²) in [6, 6.07) is 0.